The lowest BCUT2D eigenvalue weighted by molar-refractivity contribution is 0.490. The third-order valence-electron chi connectivity index (χ3n) is 2.67. The first kappa shape index (κ1) is 11.6. The standard InChI is InChI=1S/C12H16N2OS/c1-9-11(5-6-15-9)16-8-12(2,7-13)14-10-3-4-10/h5-6,10,14H,3-4,8H2,1-2H3. The molecule has 0 spiro atoms. The van der Waals surface area contributed by atoms with Crippen molar-refractivity contribution in [3.05, 3.63) is 18.1 Å². The summed E-state index contributed by atoms with van der Waals surface area (Å²) in [7, 11) is 0. The van der Waals surface area contributed by atoms with Gasteiger partial charge in [0.05, 0.1) is 12.3 Å². The maximum atomic E-state index is 9.21. The van der Waals surface area contributed by atoms with Gasteiger partial charge in [0.15, 0.2) is 0 Å². The van der Waals surface area contributed by atoms with Crippen LogP contribution in [0.5, 0.6) is 0 Å². The normalized spacial score (nSPS) is 19.1. The van der Waals surface area contributed by atoms with Gasteiger partial charge in [0.25, 0.3) is 0 Å². The first-order valence-electron chi connectivity index (χ1n) is 5.49. The van der Waals surface area contributed by atoms with Gasteiger partial charge >= 0.3 is 0 Å². The Morgan fingerprint density at radius 1 is 1.69 bits per heavy atom. The molecule has 1 saturated carbocycles. The van der Waals surface area contributed by atoms with Crippen LogP contribution in [0.15, 0.2) is 21.6 Å². The Labute approximate surface area is 100 Å². The van der Waals surface area contributed by atoms with E-state index in [0.29, 0.717) is 6.04 Å². The Balaban J connectivity index is 1.92. The number of thioether (sulfide) groups is 1. The second-order valence-corrected chi connectivity index (χ2v) is 5.51. The highest BCUT2D eigenvalue weighted by molar-refractivity contribution is 7.99. The lowest BCUT2D eigenvalue weighted by Gasteiger charge is -2.22. The minimum absolute atomic E-state index is 0.435. The predicted octanol–water partition coefficient (Wildman–Crippen LogP) is 2.71. The average molecular weight is 236 g/mol. The fourth-order valence-electron chi connectivity index (χ4n) is 1.53. The maximum Gasteiger partial charge on any atom is 0.114 e. The number of aryl methyl sites for hydroxylation is 1. The number of rotatable bonds is 5. The van der Waals surface area contributed by atoms with Gasteiger partial charge in [-0.3, -0.25) is 5.32 Å². The predicted molar refractivity (Wildman–Crippen MR) is 64.3 cm³/mol. The van der Waals surface area contributed by atoms with E-state index < -0.39 is 5.54 Å². The highest BCUT2D eigenvalue weighted by Crippen LogP contribution is 2.29. The summed E-state index contributed by atoms with van der Waals surface area (Å²) in [6, 6.07) is 4.87. The highest BCUT2D eigenvalue weighted by atomic mass is 32.2. The fraction of sp³-hybridized carbons (Fsp3) is 0.583. The van der Waals surface area contributed by atoms with Crippen LogP contribution in [0.25, 0.3) is 0 Å². The van der Waals surface area contributed by atoms with Crippen molar-refractivity contribution < 1.29 is 4.42 Å². The molecule has 1 aliphatic carbocycles. The van der Waals surface area contributed by atoms with E-state index in [2.05, 4.69) is 11.4 Å². The molecule has 86 valence electrons. The van der Waals surface area contributed by atoms with E-state index in [1.807, 2.05) is 19.9 Å². The van der Waals surface area contributed by atoms with Crippen LogP contribution < -0.4 is 5.32 Å². The van der Waals surface area contributed by atoms with E-state index in [9.17, 15) is 5.26 Å². The van der Waals surface area contributed by atoms with Crippen molar-refractivity contribution in [2.75, 3.05) is 5.75 Å². The van der Waals surface area contributed by atoms with Crippen LogP contribution in [0.2, 0.25) is 0 Å². The van der Waals surface area contributed by atoms with E-state index in [-0.39, 0.29) is 0 Å². The zero-order valence-corrected chi connectivity index (χ0v) is 10.4. The molecule has 1 heterocycles. The minimum Gasteiger partial charge on any atom is -0.468 e. The van der Waals surface area contributed by atoms with Gasteiger partial charge in [-0.25, -0.2) is 0 Å². The summed E-state index contributed by atoms with van der Waals surface area (Å²) in [6.45, 7) is 3.91. The number of hydrogen-bond donors (Lipinski definition) is 1. The molecule has 4 heteroatoms. The zero-order chi connectivity index (χ0) is 11.6. The number of furan rings is 1. The Bertz CT molecular complexity index is 405. The van der Waals surface area contributed by atoms with Crippen molar-refractivity contribution >= 4 is 11.8 Å². The topological polar surface area (TPSA) is 49.0 Å². The van der Waals surface area contributed by atoms with Gasteiger partial charge in [0.1, 0.15) is 11.3 Å². The number of nitrogens with one attached hydrogen (secondary N) is 1. The molecule has 3 nitrogen and oxygen atoms in total. The van der Waals surface area contributed by atoms with Crippen LogP contribution in [0, 0.1) is 18.3 Å². The second-order valence-electron chi connectivity index (χ2n) is 4.49. The maximum absolute atomic E-state index is 9.21. The van der Waals surface area contributed by atoms with Gasteiger partial charge in [-0.15, -0.1) is 11.8 Å². The van der Waals surface area contributed by atoms with Gasteiger partial charge in [-0.05, 0) is 32.8 Å². The molecule has 0 amide bonds. The van der Waals surface area contributed by atoms with Crippen LogP contribution in [0.4, 0.5) is 0 Å². The van der Waals surface area contributed by atoms with Crippen molar-refractivity contribution in [2.45, 2.75) is 43.2 Å². The molecule has 1 unspecified atom stereocenters. The minimum atomic E-state index is -0.435. The van der Waals surface area contributed by atoms with Crippen LogP contribution in [-0.2, 0) is 0 Å². The van der Waals surface area contributed by atoms with Gasteiger partial charge in [0.2, 0.25) is 0 Å². The molecule has 1 N–H and O–H groups in total. The number of hydrogen-bond acceptors (Lipinski definition) is 4. The summed E-state index contributed by atoms with van der Waals surface area (Å²) in [5.41, 5.74) is -0.435. The Hall–Kier alpha value is -0.920. The molecule has 1 aliphatic rings. The van der Waals surface area contributed by atoms with Crippen molar-refractivity contribution in [3.8, 4) is 6.07 Å². The molecular weight excluding hydrogens is 220 g/mol. The molecule has 2 rings (SSSR count). The van der Waals surface area contributed by atoms with Crippen LogP contribution in [0.3, 0.4) is 0 Å². The molecule has 0 aromatic carbocycles. The summed E-state index contributed by atoms with van der Waals surface area (Å²) >= 11 is 1.68. The van der Waals surface area contributed by atoms with E-state index in [4.69, 9.17) is 4.42 Å². The first-order chi connectivity index (χ1) is 7.63. The Morgan fingerprint density at radius 2 is 2.44 bits per heavy atom. The SMILES string of the molecule is Cc1occc1SCC(C)(C#N)NC1CC1. The third kappa shape index (κ3) is 2.81. The summed E-state index contributed by atoms with van der Waals surface area (Å²) in [5, 5.41) is 12.6. The molecule has 16 heavy (non-hydrogen) atoms. The molecule has 1 atom stereocenters. The monoisotopic (exact) mass is 236 g/mol. The van der Waals surface area contributed by atoms with Crippen LogP contribution >= 0.6 is 11.8 Å². The highest BCUT2D eigenvalue weighted by Gasteiger charge is 2.32. The molecule has 0 aliphatic heterocycles. The third-order valence-corrected chi connectivity index (χ3v) is 4.13. The van der Waals surface area contributed by atoms with E-state index in [1.165, 1.54) is 12.8 Å². The molecular formula is C12H16N2OS. The van der Waals surface area contributed by atoms with Gasteiger partial charge in [-0.2, -0.15) is 5.26 Å². The molecule has 0 radical (unpaired) electrons. The molecule has 0 bridgehead atoms. The average Bonchev–Trinajstić information content (AvgIpc) is 2.97. The van der Waals surface area contributed by atoms with Crippen LogP contribution in [-0.4, -0.2) is 17.3 Å². The zero-order valence-electron chi connectivity index (χ0n) is 9.62. The first-order valence-corrected chi connectivity index (χ1v) is 6.47. The van der Waals surface area contributed by atoms with Gasteiger partial charge < -0.3 is 4.42 Å². The number of nitrogens with zero attached hydrogens (tertiary/aromatic N) is 1. The molecule has 1 aromatic heterocycles. The molecule has 1 fully saturated rings. The Kier molecular flexibility index (Phi) is 3.27. The van der Waals surface area contributed by atoms with Crippen LogP contribution in [0.1, 0.15) is 25.5 Å². The van der Waals surface area contributed by atoms with Crippen molar-refractivity contribution in [2.24, 2.45) is 0 Å². The van der Waals surface area contributed by atoms with E-state index in [1.54, 1.807) is 18.0 Å². The van der Waals surface area contributed by atoms with E-state index in [0.717, 1.165) is 16.4 Å². The lowest BCUT2D eigenvalue weighted by atomic mass is 10.1. The summed E-state index contributed by atoms with van der Waals surface area (Å²) < 4.78 is 5.23. The number of nitriles is 1. The van der Waals surface area contributed by atoms with E-state index >= 15 is 0 Å². The van der Waals surface area contributed by atoms with Crippen molar-refractivity contribution in [1.82, 2.24) is 5.32 Å². The lowest BCUT2D eigenvalue weighted by Crippen LogP contribution is -2.44. The molecule has 0 saturated heterocycles. The second kappa shape index (κ2) is 4.52. The molecule has 1 aromatic rings. The summed E-state index contributed by atoms with van der Waals surface area (Å²) in [5.74, 6) is 1.68. The smallest absolute Gasteiger partial charge is 0.114 e. The van der Waals surface area contributed by atoms with Gasteiger partial charge in [0, 0.05) is 16.7 Å². The largest absolute Gasteiger partial charge is 0.468 e. The van der Waals surface area contributed by atoms with Crippen molar-refractivity contribution in [3.63, 3.8) is 0 Å². The fourth-order valence-corrected chi connectivity index (χ4v) is 2.52. The van der Waals surface area contributed by atoms with Gasteiger partial charge in [-0.1, -0.05) is 0 Å². The van der Waals surface area contributed by atoms with Crippen molar-refractivity contribution in [1.29, 1.82) is 5.26 Å². The summed E-state index contributed by atoms with van der Waals surface area (Å²) in [6.07, 6.45) is 4.09. The Morgan fingerprint density at radius 3 is 2.94 bits per heavy atom. The summed E-state index contributed by atoms with van der Waals surface area (Å²) in [4.78, 5) is 1.12. The quantitative estimate of drug-likeness (QED) is 0.799.